The summed E-state index contributed by atoms with van der Waals surface area (Å²) in [4.78, 5) is 19.6. The molecule has 2 rings (SSSR count). The molecule has 0 amide bonds. The maximum Gasteiger partial charge on any atom is 0.312 e. The van der Waals surface area contributed by atoms with Gasteiger partial charge in [0.1, 0.15) is 11.3 Å². The van der Waals surface area contributed by atoms with E-state index in [4.69, 9.17) is 10.8 Å². The number of nitrogens with two attached hydrogens (primary N) is 1. The van der Waals surface area contributed by atoms with E-state index in [9.17, 15) is 4.79 Å². The van der Waals surface area contributed by atoms with Crippen molar-refractivity contribution >= 4 is 17.1 Å². The smallest absolute Gasteiger partial charge is 0.312 e. The van der Waals surface area contributed by atoms with Crippen molar-refractivity contribution in [2.75, 3.05) is 6.54 Å². The van der Waals surface area contributed by atoms with E-state index in [0.717, 1.165) is 11.5 Å². The highest BCUT2D eigenvalue weighted by molar-refractivity contribution is 5.79. The zero-order valence-corrected chi connectivity index (χ0v) is 9.71. The molecular formula is C11H14N4O2. The number of hydrogen-bond acceptors (Lipinski definition) is 4. The molecule has 0 saturated carbocycles. The van der Waals surface area contributed by atoms with Crippen molar-refractivity contribution in [3.05, 3.63) is 23.7 Å². The number of aromatic nitrogens is 3. The van der Waals surface area contributed by atoms with Crippen molar-refractivity contribution in [3.63, 3.8) is 0 Å². The van der Waals surface area contributed by atoms with Crippen LogP contribution in [-0.4, -0.2) is 32.2 Å². The minimum Gasteiger partial charge on any atom is -0.481 e. The quantitative estimate of drug-likeness (QED) is 0.801. The second-order valence-electron chi connectivity index (χ2n) is 3.96. The Hall–Kier alpha value is -1.95. The Bertz CT molecular complexity index is 576. The SMILES string of the molecule is Cc1nc2cc(C(CN)C(=O)O)cnc2n1C. The van der Waals surface area contributed by atoms with Crippen LogP contribution in [0.5, 0.6) is 0 Å². The lowest BCUT2D eigenvalue weighted by Crippen LogP contribution is -2.21. The van der Waals surface area contributed by atoms with E-state index in [1.54, 1.807) is 12.3 Å². The van der Waals surface area contributed by atoms with Crippen molar-refractivity contribution in [1.82, 2.24) is 14.5 Å². The van der Waals surface area contributed by atoms with E-state index in [2.05, 4.69) is 9.97 Å². The lowest BCUT2D eigenvalue weighted by Gasteiger charge is -2.08. The summed E-state index contributed by atoms with van der Waals surface area (Å²) in [5, 5.41) is 9.03. The van der Waals surface area contributed by atoms with E-state index in [-0.39, 0.29) is 6.54 Å². The van der Waals surface area contributed by atoms with Crippen LogP contribution in [0.3, 0.4) is 0 Å². The monoisotopic (exact) mass is 234 g/mol. The number of pyridine rings is 1. The van der Waals surface area contributed by atoms with Crippen LogP contribution in [0.25, 0.3) is 11.2 Å². The zero-order valence-electron chi connectivity index (χ0n) is 9.71. The minimum atomic E-state index is -0.943. The van der Waals surface area contributed by atoms with Gasteiger partial charge in [0.25, 0.3) is 0 Å². The molecule has 0 aromatic carbocycles. The van der Waals surface area contributed by atoms with E-state index < -0.39 is 11.9 Å². The molecule has 1 atom stereocenters. The van der Waals surface area contributed by atoms with Crippen LogP contribution < -0.4 is 5.73 Å². The highest BCUT2D eigenvalue weighted by atomic mass is 16.4. The number of nitrogens with zero attached hydrogens (tertiary/aromatic N) is 3. The van der Waals surface area contributed by atoms with Crippen LogP contribution in [0, 0.1) is 6.92 Å². The first-order valence-corrected chi connectivity index (χ1v) is 5.26. The molecule has 2 heterocycles. The molecule has 0 spiro atoms. The van der Waals surface area contributed by atoms with Gasteiger partial charge in [0.15, 0.2) is 5.65 Å². The predicted molar refractivity (Wildman–Crippen MR) is 62.7 cm³/mol. The van der Waals surface area contributed by atoms with Gasteiger partial charge in [-0.3, -0.25) is 4.79 Å². The summed E-state index contributed by atoms with van der Waals surface area (Å²) in [6.07, 6.45) is 1.55. The molecule has 3 N–H and O–H groups in total. The average molecular weight is 234 g/mol. The highest BCUT2D eigenvalue weighted by Crippen LogP contribution is 2.19. The Balaban J connectivity index is 2.54. The van der Waals surface area contributed by atoms with E-state index in [1.165, 1.54) is 0 Å². The average Bonchev–Trinajstić information content (AvgIpc) is 2.55. The van der Waals surface area contributed by atoms with Gasteiger partial charge >= 0.3 is 5.97 Å². The Kier molecular flexibility index (Phi) is 2.81. The van der Waals surface area contributed by atoms with Crippen LogP contribution in [0.15, 0.2) is 12.3 Å². The molecule has 0 radical (unpaired) electrons. The maximum atomic E-state index is 11.0. The molecule has 90 valence electrons. The molecule has 0 fully saturated rings. The van der Waals surface area contributed by atoms with Crippen LogP contribution in [0.2, 0.25) is 0 Å². The summed E-state index contributed by atoms with van der Waals surface area (Å²) in [7, 11) is 1.87. The Labute approximate surface area is 98.1 Å². The van der Waals surface area contributed by atoms with Gasteiger partial charge in [0, 0.05) is 19.8 Å². The van der Waals surface area contributed by atoms with Crippen LogP contribution in [-0.2, 0) is 11.8 Å². The first-order valence-electron chi connectivity index (χ1n) is 5.26. The van der Waals surface area contributed by atoms with Crippen LogP contribution in [0.4, 0.5) is 0 Å². The summed E-state index contributed by atoms with van der Waals surface area (Å²) in [6, 6.07) is 1.74. The Morgan fingerprint density at radius 2 is 2.35 bits per heavy atom. The predicted octanol–water partition coefficient (Wildman–Crippen LogP) is 0.404. The van der Waals surface area contributed by atoms with Gasteiger partial charge in [-0.15, -0.1) is 0 Å². The molecule has 0 aliphatic carbocycles. The summed E-state index contributed by atoms with van der Waals surface area (Å²) in [5.41, 5.74) is 7.48. The minimum absolute atomic E-state index is 0.0499. The van der Waals surface area contributed by atoms with Gasteiger partial charge in [-0.2, -0.15) is 0 Å². The normalized spacial score (nSPS) is 12.9. The van der Waals surface area contributed by atoms with Crippen LogP contribution >= 0.6 is 0 Å². The molecule has 6 nitrogen and oxygen atoms in total. The third kappa shape index (κ3) is 1.87. The molecule has 2 aromatic rings. The third-order valence-electron chi connectivity index (χ3n) is 2.89. The summed E-state index contributed by atoms with van der Waals surface area (Å²) >= 11 is 0. The van der Waals surface area contributed by atoms with Crippen molar-refractivity contribution in [3.8, 4) is 0 Å². The number of fused-ring (bicyclic) bond motifs is 1. The van der Waals surface area contributed by atoms with Gasteiger partial charge < -0.3 is 15.4 Å². The fraction of sp³-hybridized carbons (Fsp3) is 0.364. The summed E-state index contributed by atoms with van der Waals surface area (Å²) in [6.45, 7) is 1.92. The molecule has 1 unspecified atom stereocenters. The van der Waals surface area contributed by atoms with Gasteiger partial charge in [-0.25, -0.2) is 9.97 Å². The lowest BCUT2D eigenvalue weighted by molar-refractivity contribution is -0.138. The molecule has 17 heavy (non-hydrogen) atoms. The zero-order chi connectivity index (χ0) is 12.6. The largest absolute Gasteiger partial charge is 0.481 e. The van der Waals surface area contributed by atoms with E-state index in [1.807, 2.05) is 18.5 Å². The second-order valence-corrected chi connectivity index (χ2v) is 3.96. The number of hydrogen-bond donors (Lipinski definition) is 2. The van der Waals surface area contributed by atoms with Crippen molar-refractivity contribution in [2.24, 2.45) is 12.8 Å². The highest BCUT2D eigenvalue weighted by Gasteiger charge is 2.19. The Morgan fingerprint density at radius 3 is 2.94 bits per heavy atom. The number of carboxylic acid groups (broad SMARTS) is 1. The number of carbonyl (C=O) groups is 1. The maximum absolute atomic E-state index is 11.0. The first-order chi connectivity index (χ1) is 8.04. The van der Waals surface area contributed by atoms with E-state index >= 15 is 0 Å². The topological polar surface area (TPSA) is 94.0 Å². The molecule has 0 aliphatic heterocycles. The number of rotatable bonds is 3. The van der Waals surface area contributed by atoms with Crippen LogP contribution in [0.1, 0.15) is 17.3 Å². The summed E-state index contributed by atoms with van der Waals surface area (Å²) in [5.74, 6) is -0.834. The lowest BCUT2D eigenvalue weighted by atomic mass is 10.0. The number of carboxylic acids is 1. The third-order valence-corrected chi connectivity index (χ3v) is 2.89. The van der Waals surface area contributed by atoms with Crippen molar-refractivity contribution in [2.45, 2.75) is 12.8 Å². The summed E-state index contributed by atoms with van der Waals surface area (Å²) < 4.78 is 1.86. The number of aryl methyl sites for hydroxylation is 2. The fourth-order valence-electron chi connectivity index (χ4n) is 1.77. The van der Waals surface area contributed by atoms with Gasteiger partial charge in [0.05, 0.1) is 5.92 Å². The number of imidazole rings is 1. The van der Waals surface area contributed by atoms with Gasteiger partial charge in [-0.05, 0) is 18.6 Å². The van der Waals surface area contributed by atoms with Crippen molar-refractivity contribution in [1.29, 1.82) is 0 Å². The first kappa shape index (κ1) is 11.5. The molecule has 6 heteroatoms. The van der Waals surface area contributed by atoms with Crippen molar-refractivity contribution < 1.29 is 9.90 Å². The van der Waals surface area contributed by atoms with E-state index in [0.29, 0.717) is 11.1 Å². The molecular weight excluding hydrogens is 220 g/mol. The Morgan fingerprint density at radius 1 is 1.65 bits per heavy atom. The molecule has 2 aromatic heterocycles. The molecule has 0 aliphatic rings. The van der Waals surface area contributed by atoms with Gasteiger partial charge in [0.2, 0.25) is 0 Å². The molecule has 0 saturated heterocycles. The second kappa shape index (κ2) is 4.14. The molecule has 0 bridgehead atoms. The number of aliphatic carboxylic acids is 1. The fourth-order valence-corrected chi connectivity index (χ4v) is 1.77. The standard InChI is InChI=1S/C11H14N4O2/c1-6-14-9-3-7(8(4-12)11(16)17)5-13-10(9)15(6)2/h3,5,8H,4,12H2,1-2H3,(H,16,17). The van der Waals surface area contributed by atoms with Gasteiger partial charge in [-0.1, -0.05) is 0 Å².